The van der Waals surface area contributed by atoms with E-state index in [1.807, 2.05) is 24.3 Å². The van der Waals surface area contributed by atoms with Crippen molar-refractivity contribution >= 4 is 34.1 Å². The lowest BCUT2D eigenvalue weighted by atomic mass is 10.1. The van der Waals surface area contributed by atoms with E-state index in [9.17, 15) is 10.1 Å². The lowest BCUT2D eigenvalue weighted by molar-refractivity contribution is -0.113. The summed E-state index contributed by atoms with van der Waals surface area (Å²) in [6, 6.07) is 13.1. The average molecular weight is 382 g/mol. The van der Waals surface area contributed by atoms with E-state index in [0.29, 0.717) is 15.7 Å². The minimum atomic E-state index is -0.189. The number of hydrogen-bond acceptors (Lipinski definition) is 7. The Labute approximate surface area is 158 Å². The molecule has 130 valence electrons. The first-order valence-electron chi connectivity index (χ1n) is 7.57. The third-order valence-electron chi connectivity index (χ3n) is 3.39. The van der Waals surface area contributed by atoms with Crippen molar-refractivity contribution in [3.05, 3.63) is 53.5 Å². The zero-order chi connectivity index (χ0) is 18.4. The summed E-state index contributed by atoms with van der Waals surface area (Å²) >= 11 is 2.58. The van der Waals surface area contributed by atoms with Gasteiger partial charge in [0.25, 0.3) is 0 Å². The number of carbonyl (C=O) groups is 1. The van der Waals surface area contributed by atoms with Crippen LogP contribution in [0.5, 0.6) is 5.75 Å². The number of hydrogen-bond donors (Lipinski definition) is 1. The minimum absolute atomic E-state index is 0.146. The van der Waals surface area contributed by atoms with E-state index in [4.69, 9.17) is 4.74 Å². The maximum absolute atomic E-state index is 12.0. The maximum atomic E-state index is 12.0. The molecule has 0 saturated heterocycles. The Balaban J connectivity index is 1.74. The lowest BCUT2D eigenvalue weighted by Gasteiger charge is -2.07. The molecule has 0 saturated carbocycles. The Morgan fingerprint density at radius 1 is 1.31 bits per heavy atom. The van der Waals surface area contributed by atoms with Crippen molar-refractivity contribution in [3.8, 4) is 23.1 Å². The molecule has 0 fully saturated rings. The Morgan fingerprint density at radius 2 is 2.12 bits per heavy atom. The maximum Gasteiger partial charge on any atom is 0.236 e. The van der Waals surface area contributed by atoms with Crippen molar-refractivity contribution in [2.45, 2.75) is 5.03 Å². The van der Waals surface area contributed by atoms with Gasteiger partial charge < -0.3 is 10.1 Å². The molecule has 0 atom stereocenters. The molecule has 1 N–H and O–H groups in total. The van der Waals surface area contributed by atoms with Gasteiger partial charge in [0, 0.05) is 17.1 Å². The quantitative estimate of drug-likeness (QED) is 0.652. The highest BCUT2D eigenvalue weighted by Crippen LogP contribution is 2.26. The highest BCUT2D eigenvalue weighted by Gasteiger charge is 2.11. The predicted molar refractivity (Wildman–Crippen MR) is 102 cm³/mol. The summed E-state index contributed by atoms with van der Waals surface area (Å²) in [6.07, 6.45) is 1.63. The molecule has 6 nitrogen and oxygen atoms in total. The molecule has 0 spiro atoms. The molecule has 3 aromatic rings. The zero-order valence-corrected chi connectivity index (χ0v) is 15.4. The van der Waals surface area contributed by atoms with Crippen LogP contribution in [0.4, 0.5) is 5.13 Å². The summed E-state index contributed by atoms with van der Waals surface area (Å²) < 4.78 is 5.16. The molecule has 3 rings (SSSR count). The number of methoxy groups -OCH3 is 1. The molecule has 2 heterocycles. The van der Waals surface area contributed by atoms with Crippen molar-refractivity contribution in [2.75, 3.05) is 18.2 Å². The monoisotopic (exact) mass is 382 g/mol. The highest BCUT2D eigenvalue weighted by atomic mass is 32.2. The van der Waals surface area contributed by atoms with Crippen LogP contribution in [-0.2, 0) is 4.79 Å². The number of pyridine rings is 1. The number of rotatable bonds is 6. The topological polar surface area (TPSA) is 87.9 Å². The van der Waals surface area contributed by atoms with Crippen molar-refractivity contribution in [3.63, 3.8) is 0 Å². The first-order valence-corrected chi connectivity index (χ1v) is 9.44. The summed E-state index contributed by atoms with van der Waals surface area (Å²) in [5.74, 6) is 0.717. The fourth-order valence-electron chi connectivity index (χ4n) is 2.13. The van der Waals surface area contributed by atoms with Crippen molar-refractivity contribution < 1.29 is 9.53 Å². The SMILES string of the molecule is COc1ccc(-c2ccc(C#N)c(SCC(=O)Nc3nccs3)n2)cc1. The van der Waals surface area contributed by atoms with Crippen molar-refractivity contribution in [2.24, 2.45) is 0 Å². The lowest BCUT2D eigenvalue weighted by Crippen LogP contribution is -2.14. The fraction of sp³-hybridized carbons (Fsp3) is 0.111. The van der Waals surface area contributed by atoms with Gasteiger partial charge in [-0.3, -0.25) is 4.79 Å². The molecule has 26 heavy (non-hydrogen) atoms. The van der Waals surface area contributed by atoms with Crippen LogP contribution in [0.2, 0.25) is 0 Å². The fourth-order valence-corrected chi connectivity index (χ4v) is 3.45. The zero-order valence-electron chi connectivity index (χ0n) is 13.8. The molecule has 0 aliphatic heterocycles. The van der Waals surface area contributed by atoms with Gasteiger partial charge in [-0.1, -0.05) is 11.8 Å². The number of nitriles is 1. The summed E-state index contributed by atoms with van der Waals surface area (Å²) in [4.78, 5) is 20.6. The highest BCUT2D eigenvalue weighted by molar-refractivity contribution is 8.00. The molecule has 2 aromatic heterocycles. The van der Waals surface area contributed by atoms with Crippen LogP contribution in [0.25, 0.3) is 11.3 Å². The van der Waals surface area contributed by atoms with E-state index in [0.717, 1.165) is 17.0 Å². The van der Waals surface area contributed by atoms with Gasteiger partial charge in [0.2, 0.25) is 5.91 Å². The van der Waals surface area contributed by atoms with Gasteiger partial charge in [-0.05, 0) is 36.4 Å². The molecule has 0 bridgehead atoms. The third-order valence-corrected chi connectivity index (χ3v) is 5.06. The number of amides is 1. The number of ether oxygens (including phenoxy) is 1. The Hall–Kier alpha value is -2.89. The number of nitrogens with zero attached hydrogens (tertiary/aromatic N) is 3. The smallest absolute Gasteiger partial charge is 0.236 e. The Kier molecular flexibility index (Phi) is 5.84. The number of aromatic nitrogens is 2. The molecule has 1 amide bonds. The van der Waals surface area contributed by atoms with Gasteiger partial charge in [-0.2, -0.15) is 5.26 Å². The van der Waals surface area contributed by atoms with Crippen LogP contribution in [0, 0.1) is 11.3 Å². The molecule has 0 aliphatic carbocycles. The molecule has 0 aliphatic rings. The van der Waals surface area contributed by atoms with Crippen LogP contribution >= 0.6 is 23.1 Å². The second-order valence-corrected chi connectivity index (χ2v) is 6.92. The first-order chi connectivity index (χ1) is 12.7. The van der Waals surface area contributed by atoms with Crippen molar-refractivity contribution in [1.29, 1.82) is 5.26 Å². The van der Waals surface area contributed by atoms with Gasteiger partial charge in [0.15, 0.2) is 5.13 Å². The van der Waals surface area contributed by atoms with E-state index in [1.165, 1.54) is 23.1 Å². The Morgan fingerprint density at radius 3 is 2.77 bits per heavy atom. The van der Waals surface area contributed by atoms with E-state index < -0.39 is 0 Å². The molecule has 0 radical (unpaired) electrons. The summed E-state index contributed by atoms with van der Waals surface area (Å²) in [7, 11) is 1.61. The summed E-state index contributed by atoms with van der Waals surface area (Å²) in [5, 5.41) is 14.9. The van der Waals surface area contributed by atoms with Crippen LogP contribution in [0.15, 0.2) is 53.0 Å². The number of thiazole rings is 1. The van der Waals surface area contributed by atoms with E-state index in [1.54, 1.807) is 30.8 Å². The normalized spacial score (nSPS) is 10.2. The van der Waals surface area contributed by atoms with E-state index >= 15 is 0 Å². The summed E-state index contributed by atoms with van der Waals surface area (Å²) in [6.45, 7) is 0. The number of thioether (sulfide) groups is 1. The molecular weight excluding hydrogens is 368 g/mol. The predicted octanol–water partition coefficient (Wildman–Crippen LogP) is 3.82. The second-order valence-electron chi connectivity index (χ2n) is 5.06. The van der Waals surface area contributed by atoms with Crippen LogP contribution in [-0.4, -0.2) is 28.7 Å². The second kappa shape index (κ2) is 8.47. The van der Waals surface area contributed by atoms with E-state index in [-0.39, 0.29) is 11.7 Å². The van der Waals surface area contributed by atoms with Crippen LogP contribution in [0.3, 0.4) is 0 Å². The largest absolute Gasteiger partial charge is 0.497 e. The van der Waals surface area contributed by atoms with Gasteiger partial charge in [0.05, 0.1) is 24.1 Å². The van der Waals surface area contributed by atoms with Gasteiger partial charge in [-0.25, -0.2) is 9.97 Å². The van der Waals surface area contributed by atoms with Crippen LogP contribution in [0.1, 0.15) is 5.56 Å². The third kappa shape index (κ3) is 4.39. The minimum Gasteiger partial charge on any atom is -0.497 e. The molecule has 0 unspecified atom stereocenters. The van der Waals surface area contributed by atoms with Gasteiger partial charge in [-0.15, -0.1) is 11.3 Å². The number of nitrogens with one attached hydrogen (secondary N) is 1. The Bertz CT molecular complexity index is 935. The first kappa shape index (κ1) is 17.9. The van der Waals surface area contributed by atoms with E-state index in [2.05, 4.69) is 21.4 Å². The average Bonchev–Trinajstić information content (AvgIpc) is 3.19. The standard InChI is InChI=1S/C18H14N4O2S2/c1-24-14-5-2-12(3-6-14)15-7-4-13(10-19)17(21-15)26-11-16(23)22-18-20-8-9-25-18/h2-9H,11H2,1H3,(H,20,22,23). The molecule has 1 aromatic carbocycles. The molecule has 8 heteroatoms. The van der Waals surface area contributed by atoms with Crippen LogP contribution < -0.4 is 10.1 Å². The van der Waals surface area contributed by atoms with Gasteiger partial charge >= 0.3 is 0 Å². The molecular formula is C18H14N4O2S2. The summed E-state index contributed by atoms with van der Waals surface area (Å²) in [5.41, 5.74) is 2.08. The van der Waals surface area contributed by atoms with Crippen molar-refractivity contribution in [1.82, 2.24) is 9.97 Å². The number of benzene rings is 1. The number of anilines is 1. The number of carbonyl (C=O) groups excluding carboxylic acids is 1. The van der Waals surface area contributed by atoms with Gasteiger partial charge in [0.1, 0.15) is 16.8 Å².